The van der Waals surface area contributed by atoms with Crippen LogP contribution in [-0.4, -0.2) is 23.2 Å². The van der Waals surface area contributed by atoms with Crippen molar-refractivity contribution in [2.75, 3.05) is 7.11 Å². The molecular weight excluding hydrogens is 202 g/mol. The zero-order valence-electron chi connectivity index (χ0n) is 7.98. The van der Waals surface area contributed by atoms with Crippen LogP contribution in [0.2, 0.25) is 0 Å². The number of aryl methyl sites for hydroxylation is 1. The highest BCUT2D eigenvalue weighted by Gasteiger charge is 2.21. The van der Waals surface area contributed by atoms with Crippen LogP contribution in [0.4, 0.5) is 0 Å². The summed E-state index contributed by atoms with van der Waals surface area (Å²) in [6, 6.07) is 0. The number of hydrogen-bond acceptors (Lipinski definition) is 5. The minimum atomic E-state index is -1.07. The fourth-order valence-corrected chi connectivity index (χ4v) is 1.70. The lowest BCUT2D eigenvalue weighted by Gasteiger charge is -2.08. The van der Waals surface area contributed by atoms with E-state index in [1.807, 2.05) is 6.92 Å². The van der Waals surface area contributed by atoms with Gasteiger partial charge in [-0.25, -0.2) is 9.78 Å². The number of carbonyl (C=O) groups is 1. The molecule has 0 amide bonds. The quantitative estimate of drug-likeness (QED) is 0.605. The Morgan fingerprint density at radius 1 is 1.79 bits per heavy atom. The van der Waals surface area contributed by atoms with Crippen LogP contribution >= 0.6 is 11.3 Å². The molecule has 0 fully saturated rings. The second kappa shape index (κ2) is 4.34. The van der Waals surface area contributed by atoms with Crippen molar-refractivity contribution < 1.29 is 14.6 Å². The molecule has 1 atom stereocenters. The van der Waals surface area contributed by atoms with Crippen molar-refractivity contribution in [1.29, 1.82) is 0 Å². The summed E-state index contributed by atoms with van der Waals surface area (Å²) in [5.41, 5.74) is 0.809. The molecule has 1 aromatic rings. The maximum Gasteiger partial charge on any atom is 0.336 e. The van der Waals surface area contributed by atoms with Gasteiger partial charge in [-0.05, 0) is 6.92 Å². The fourth-order valence-electron chi connectivity index (χ4n) is 0.890. The summed E-state index contributed by atoms with van der Waals surface area (Å²) in [6.45, 7) is 5.27. The van der Waals surface area contributed by atoms with Gasteiger partial charge in [0, 0.05) is 11.1 Å². The van der Waals surface area contributed by atoms with Crippen molar-refractivity contribution >= 4 is 17.3 Å². The average Bonchev–Trinajstić information content (AvgIpc) is 2.61. The third-order valence-corrected chi connectivity index (χ3v) is 2.66. The summed E-state index contributed by atoms with van der Waals surface area (Å²) in [5.74, 6) is -0.620. The first-order valence-corrected chi connectivity index (χ1v) is 4.81. The number of nitrogens with zero attached hydrogens (tertiary/aromatic N) is 1. The molecule has 76 valence electrons. The summed E-state index contributed by atoms with van der Waals surface area (Å²) in [4.78, 5) is 15.1. The van der Waals surface area contributed by atoms with Gasteiger partial charge in [0.1, 0.15) is 11.1 Å². The standard InChI is InChI=1S/C9H11NO3S/c1-5-4-14-8(10-5)7(11)6(2)9(12)13-3/h4,7,11H,2H2,1,3H3. The number of thiazole rings is 1. The first-order chi connectivity index (χ1) is 6.56. The van der Waals surface area contributed by atoms with Crippen LogP contribution in [0.15, 0.2) is 17.5 Å². The van der Waals surface area contributed by atoms with E-state index in [1.54, 1.807) is 5.38 Å². The van der Waals surface area contributed by atoms with Gasteiger partial charge in [-0.3, -0.25) is 0 Å². The Morgan fingerprint density at radius 3 is 2.86 bits per heavy atom. The van der Waals surface area contributed by atoms with E-state index < -0.39 is 12.1 Å². The van der Waals surface area contributed by atoms with Crippen LogP contribution < -0.4 is 0 Å². The molecule has 1 aromatic heterocycles. The topological polar surface area (TPSA) is 59.4 Å². The zero-order chi connectivity index (χ0) is 10.7. The van der Waals surface area contributed by atoms with E-state index in [0.717, 1.165) is 5.69 Å². The van der Waals surface area contributed by atoms with Gasteiger partial charge in [0.25, 0.3) is 0 Å². The van der Waals surface area contributed by atoms with E-state index in [9.17, 15) is 9.90 Å². The Hall–Kier alpha value is -1.20. The Kier molecular flexibility index (Phi) is 3.38. The maximum absolute atomic E-state index is 11.0. The van der Waals surface area contributed by atoms with Crippen LogP contribution in [0.1, 0.15) is 16.8 Å². The van der Waals surface area contributed by atoms with Crippen LogP contribution in [0.25, 0.3) is 0 Å². The van der Waals surface area contributed by atoms with E-state index in [1.165, 1.54) is 18.4 Å². The van der Waals surface area contributed by atoms with Gasteiger partial charge in [-0.15, -0.1) is 11.3 Å². The molecular formula is C9H11NO3S. The third kappa shape index (κ3) is 2.18. The smallest absolute Gasteiger partial charge is 0.336 e. The molecule has 0 bridgehead atoms. The number of hydrogen-bond donors (Lipinski definition) is 1. The van der Waals surface area contributed by atoms with Gasteiger partial charge >= 0.3 is 5.97 Å². The van der Waals surface area contributed by atoms with Crippen LogP contribution in [0, 0.1) is 6.92 Å². The molecule has 0 aliphatic rings. The largest absolute Gasteiger partial charge is 0.466 e. The van der Waals surface area contributed by atoms with E-state index in [2.05, 4.69) is 16.3 Å². The van der Waals surface area contributed by atoms with Crippen molar-refractivity contribution in [2.24, 2.45) is 0 Å². The molecule has 0 aliphatic heterocycles. The van der Waals surface area contributed by atoms with Gasteiger partial charge in [0.05, 0.1) is 12.7 Å². The molecule has 1 rings (SSSR count). The number of aliphatic hydroxyl groups is 1. The number of esters is 1. The van der Waals surface area contributed by atoms with Crippen molar-refractivity contribution in [1.82, 2.24) is 4.98 Å². The summed E-state index contributed by atoms with van der Waals surface area (Å²) in [5, 5.41) is 11.9. The Balaban J connectivity index is 2.80. The first kappa shape index (κ1) is 10.9. The van der Waals surface area contributed by atoms with Gasteiger partial charge in [-0.2, -0.15) is 0 Å². The molecule has 4 nitrogen and oxygen atoms in total. The number of rotatable bonds is 3. The van der Waals surface area contributed by atoms with Crippen molar-refractivity contribution in [3.05, 3.63) is 28.2 Å². The van der Waals surface area contributed by atoms with E-state index in [4.69, 9.17) is 0 Å². The third-order valence-electron chi connectivity index (χ3n) is 1.65. The summed E-state index contributed by atoms with van der Waals surface area (Å²) in [6.07, 6.45) is -1.07. The monoisotopic (exact) mass is 213 g/mol. The number of methoxy groups -OCH3 is 1. The number of ether oxygens (including phenoxy) is 1. The second-order valence-corrected chi connectivity index (χ2v) is 3.64. The van der Waals surface area contributed by atoms with Crippen molar-refractivity contribution in [3.8, 4) is 0 Å². The van der Waals surface area contributed by atoms with Gasteiger partial charge in [0.2, 0.25) is 0 Å². The molecule has 0 aliphatic carbocycles. The van der Waals surface area contributed by atoms with Crippen molar-refractivity contribution in [3.63, 3.8) is 0 Å². The minimum Gasteiger partial charge on any atom is -0.466 e. The second-order valence-electron chi connectivity index (χ2n) is 2.75. The van der Waals surface area contributed by atoms with Crippen LogP contribution in [0.3, 0.4) is 0 Å². The Bertz CT molecular complexity index is 359. The molecule has 1 heterocycles. The van der Waals surface area contributed by atoms with E-state index in [0.29, 0.717) is 5.01 Å². The number of aromatic nitrogens is 1. The lowest BCUT2D eigenvalue weighted by atomic mass is 10.2. The van der Waals surface area contributed by atoms with Gasteiger partial charge in [0.15, 0.2) is 0 Å². The average molecular weight is 213 g/mol. The number of carbonyl (C=O) groups excluding carboxylic acids is 1. The fraction of sp³-hybridized carbons (Fsp3) is 0.333. The molecule has 0 radical (unpaired) electrons. The maximum atomic E-state index is 11.0. The molecule has 5 heteroatoms. The summed E-state index contributed by atoms with van der Waals surface area (Å²) < 4.78 is 4.44. The molecule has 14 heavy (non-hydrogen) atoms. The highest BCUT2D eigenvalue weighted by Crippen LogP contribution is 2.24. The number of aliphatic hydroxyl groups excluding tert-OH is 1. The lowest BCUT2D eigenvalue weighted by Crippen LogP contribution is -2.11. The molecule has 1 unspecified atom stereocenters. The van der Waals surface area contributed by atoms with E-state index in [-0.39, 0.29) is 5.57 Å². The highest BCUT2D eigenvalue weighted by molar-refractivity contribution is 7.09. The highest BCUT2D eigenvalue weighted by atomic mass is 32.1. The molecule has 0 saturated heterocycles. The predicted octanol–water partition coefficient (Wildman–Crippen LogP) is 1.21. The van der Waals surface area contributed by atoms with Gasteiger partial charge in [-0.1, -0.05) is 6.58 Å². The normalized spacial score (nSPS) is 12.2. The van der Waals surface area contributed by atoms with Crippen LogP contribution in [0.5, 0.6) is 0 Å². The molecule has 0 aromatic carbocycles. The van der Waals surface area contributed by atoms with Crippen LogP contribution in [-0.2, 0) is 9.53 Å². The predicted molar refractivity (Wildman–Crippen MR) is 53.0 cm³/mol. The molecule has 0 spiro atoms. The summed E-state index contributed by atoms with van der Waals surface area (Å²) >= 11 is 1.28. The SMILES string of the molecule is C=C(C(=O)OC)C(O)c1nc(C)cs1. The molecule has 1 N–H and O–H groups in total. The Labute approximate surface area is 85.9 Å². The Morgan fingerprint density at radius 2 is 2.43 bits per heavy atom. The molecule has 0 saturated carbocycles. The summed E-state index contributed by atoms with van der Waals surface area (Å²) in [7, 11) is 1.24. The van der Waals surface area contributed by atoms with Crippen molar-refractivity contribution in [2.45, 2.75) is 13.0 Å². The van der Waals surface area contributed by atoms with E-state index >= 15 is 0 Å². The zero-order valence-corrected chi connectivity index (χ0v) is 8.80. The van der Waals surface area contributed by atoms with Gasteiger partial charge < -0.3 is 9.84 Å². The lowest BCUT2D eigenvalue weighted by molar-refractivity contribution is -0.137. The minimum absolute atomic E-state index is 0.00171. The first-order valence-electron chi connectivity index (χ1n) is 3.93.